The van der Waals surface area contributed by atoms with Crippen LogP contribution < -0.4 is 16.2 Å². The molecular formula is C20H20ClFN4O3. The number of anilines is 1. The van der Waals surface area contributed by atoms with Crippen molar-refractivity contribution in [1.29, 1.82) is 5.26 Å². The molecule has 2 aromatic carbocycles. The third-order valence-electron chi connectivity index (χ3n) is 4.25. The molecule has 0 spiro atoms. The lowest BCUT2D eigenvalue weighted by Gasteiger charge is -2.23. The lowest BCUT2D eigenvalue weighted by molar-refractivity contribution is -0.124. The van der Waals surface area contributed by atoms with Gasteiger partial charge in [0.2, 0.25) is 0 Å². The Labute approximate surface area is 172 Å². The zero-order valence-corrected chi connectivity index (χ0v) is 16.5. The van der Waals surface area contributed by atoms with Crippen LogP contribution in [-0.4, -0.2) is 29.1 Å². The number of carbonyl (C=O) groups is 2. The molecule has 4 N–H and O–H groups in total. The lowest BCUT2D eigenvalue weighted by Crippen LogP contribution is -2.52. The van der Waals surface area contributed by atoms with Crippen LogP contribution in [0.4, 0.5) is 10.1 Å². The molecule has 29 heavy (non-hydrogen) atoms. The molecule has 0 saturated heterocycles. The van der Waals surface area contributed by atoms with Gasteiger partial charge in [-0.25, -0.2) is 4.39 Å². The monoisotopic (exact) mass is 418 g/mol. The van der Waals surface area contributed by atoms with E-state index in [2.05, 4.69) is 16.2 Å². The van der Waals surface area contributed by atoms with Gasteiger partial charge in [0.25, 0.3) is 11.8 Å². The number of benzene rings is 2. The van der Waals surface area contributed by atoms with Crippen LogP contribution in [0.3, 0.4) is 0 Å². The second kappa shape index (κ2) is 9.87. The van der Waals surface area contributed by atoms with Crippen molar-refractivity contribution in [2.45, 2.75) is 32.7 Å². The number of halogens is 2. The van der Waals surface area contributed by atoms with Crippen molar-refractivity contribution in [3.05, 3.63) is 63.7 Å². The minimum absolute atomic E-state index is 0.235. The first-order valence-electron chi connectivity index (χ1n) is 8.67. The first-order valence-corrected chi connectivity index (χ1v) is 9.05. The number of aliphatic hydroxyl groups excluding tert-OH is 1. The summed E-state index contributed by atoms with van der Waals surface area (Å²) in [6, 6.07) is 9.73. The number of nitriles is 1. The third kappa shape index (κ3) is 5.44. The largest absolute Gasteiger partial charge is 0.391 e. The van der Waals surface area contributed by atoms with Crippen LogP contribution in [-0.2, 0) is 11.5 Å². The van der Waals surface area contributed by atoms with Crippen molar-refractivity contribution in [3.63, 3.8) is 0 Å². The summed E-state index contributed by atoms with van der Waals surface area (Å²) in [7, 11) is 0. The Kier molecular flexibility index (Phi) is 7.53. The maximum Gasteiger partial charge on any atom is 0.269 e. The van der Waals surface area contributed by atoms with Crippen molar-refractivity contribution in [1.82, 2.24) is 10.9 Å². The Hall–Kier alpha value is -3.15. The summed E-state index contributed by atoms with van der Waals surface area (Å²) in [6.07, 6.45) is -1.11. The van der Waals surface area contributed by atoms with Gasteiger partial charge in [-0.1, -0.05) is 23.7 Å². The standard InChI is InChI=1S/C20H20ClFN4O3/c1-11-16(8-7-15(10-23)17(11)21)24-18(12(2)27)20(29)26-25-19(28)14-5-3-13(9-22)4-6-14/h3-8,12,18,24,27H,9H2,1-2H3,(H,25,28)(H,26,29)/t12-,18+/m0/s1. The molecule has 9 heteroatoms. The number of hydrazine groups is 1. The van der Waals surface area contributed by atoms with Crippen LogP contribution in [0.25, 0.3) is 0 Å². The molecule has 0 aliphatic rings. The number of hydrogen-bond donors (Lipinski definition) is 4. The molecule has 0 radical (unpaired) electrons. The van der Waals surface area contributed by atoms with Gasteiger partial charge >= 0.3 is 0 Å². The van der Waals surface area contributed by atoms with E-state index in [9.17, 15) is 19.1 Å². The van der Waals surface area contributed by atoms with E-state index in [4.69, 9.17) is 16.9 Å². The maximum atomic E-state index is 12.5. The predicted octanol–water partition coefficient (Wildman–Crippen LogP) is 2.61. The zero-order valence-electron chi connectivity index (χ0n) is 15.8. The highest BCUT2D eigenvalue weighted by molar-refractivity contribution is 6.32. The molecular weight excluding hydrogens is 399 g/mol. The number of alkyl halides is 1. The highest BCUT2D eigenvalue weighted by atomic mass is 35.5. The summed E-state index contributed by atoms with van der Waals surface area (Å²) in [6.45, 7) is 2.44. The topological polar surface area (TPSA) is 114 Å². The van der Waals surface area contributed by atoms with Crippen LogP contribution in [0.15, 0.2) is 36.4 Å². The van der Waals surface area contributed by atoms with E-state index >= 15 is 0 Å². The van der Waals surface area contributed by atoms with Crippen LogP contribution in [0.5, 0.6) is 0 Å². The van der Waals surface area contributed by atoms with E-state index < -0.39 is 30.6 Å². The van der Waals surface area contributed by atoms with Crippen LogP contribution in [0, 0.1) is 18.3 Å². The number of nitrogens with one attached hydrogen (secondary N) is 3. The summed E-state index contributed by atoms with van der Waals surface area (Å²) in [4.78, 5) is 24.6. The van der Waals surface area contributed by atoms with Crippen molar-refractivity contribution in [2.75, 3.05) is 5.32 Å². The van der Waals surface area contributed by atoms with Gasteiger partial charge in [0.05, 0.1) is 16.7 Å². The highest BCUT2D eigenvalue weighted by Crippen LogP contribution is 2.27. The van der Waals surface area contributed by atoms with E-state index in [0.29, 0.717) is 22.4 Å². The molecule has 0 aromatic heterocycles. The van der Waals surface area contributed by atoms with Crippen molar-refractivity contribution < 1.29 is 19.1 Å². The molecule has 152 valence electrons. The van der Waals surface area contributed by atoms with Crippen LogP contribution in [0.2, 0.25) is 5.02 Å². The fourth-order valence-corrected chi connectivity index (χ4v) is 2.72. The van der Waals surface area contributed by atoms with Crippen LogP contribution >= 0.6 is 11.6 Å². The number of aliphatic hydroxyl groups is 1. The number of carbonyl (C=O) groups excluding carboxylic acids is 2. The normalized spacial score (nSPS) is 12.4. The molecule has 7 nitrogen and oxygen atoms in total. The fraction of sp³-hybridized carbons (Fsp3) is 0.250. The Morgan fingerprint density at radius 2 is 1.86 bits per heavy atom. The second-order valence-electron chi connectivity index (χ2n) is 6.35. The Morgan fingerprint density at radius 1 is 1.21 bits per heavy atom. The van der Waals surface area contributed by atoms with Gasteiger partial charge in [-0.05, 0) is 49.2 Å². The summed E-state index contributed by atoms with van der Waals surface area (Å²) in [5.74, 6) is -1.28. The van der Waals surface area contributed by atoms with E-state index in [-0.39, 0.29) is 10.6 Å². The summed E-state index contributed by atoms with van der Waals surface area (Å²) in [5.41, 5.74) is 6.46. The van der Waals surface area contributed by atoms with Crippen molar-refractivity contribution in [2.24, 2.45) is 0 Å². The minimum Gasteiger partial charge on any atom is -0.391 e. The molecule has 0 saturated carbocycles. The molecule has 2 rings (SSSR count). The summed E-state index contributed by atoms with van der Waals surface area (Å²) >= 11 is 6.13. The SMILES string of the molecule is Cc1c(N[C@@H](C(=O)NNC(=O)c2ccc(CF)cc2)[C@H](C)O)ccc(C#N)c1Cl. The summed E-state index contributed by atoms with van der Waals surface area (Å²) in [5, 5.41) is 22.1. The number of hydrogen-bond acceptors (Lipinski definition) is 5. The molecule has 0 unspecified atom stereocenters. The van der Waals surface area contributed by atoms with Gasteiger partial charge < -0.3 is 10.4 Å². The van der Waals surface area contributed by atoms with Gasteiger partial charge in [0, 0.05) is 11.3 Å². The number of nitrogens with zero attached hydrogens (tertiary/aromatic N) is 1. The second-order valence-corrected chi connectivity index (χ2v) is 6.73. The van der Waals surface area contributed by atoms with Gasteiger partial charge in [-0.2, -0.15) is 5.26 Å². The van der Waals surface area contributed by atoms with E-state index in [1.54, 1.807) is 13.0 Å². The lowest BCUT2D eigenvalue weighted by atomic mass is 10.1. The molecule has 2 atom stereocenters. The summed E-state index contributed by atoms with van der Waals surface area (Å²) < 4.78 is 12.5. The van der Waals surface area contributed by atoms with E-state index in [0.717, 1.165) is 0 Å². The van der Waals surface area contributed by atoms with Crippen molar-refractivity contribution >= 4 is 29.1 Å². The van der Waals surface area contributed by atoms with Crippen molar-refractivity contribution in [3.8, 4) is 6.07 Å². The maximum absolute atomic E-state index is 12.5. The molecule has 0 fully saturated rings. The van der Waals surface area contributed by atoms with Gasteiger partial charge in [-0.3, -0.25) is 20.4 Å². The molecule has 0 bridgehead atoms. The predicted molar refractivity (Wildman–Crippen MR) is 107 cm³/mol. The van der Waals surface area contributed by atoms with E-state index in [1.807, 2.05) is 6.07 Å². The van der Waals surface area contributed by atoms with Gasteiger partial charge in [-0.15, -0.1) is 0 Å². The Balaban J connectivity index is 2.07. The molecule has 0 heterocycles. The average molecular weight is 419 g/mol. The highest BCUT2D eigenvalue weighted by Gasteiger charge is 2.25. The quantitative estimate of drug-likeness (QED) is 0.538. The molecule has 2 amide bonds. The molecule has 2 aromatic rings. The average Bonchev–Trinajstić information content (AvgIpc) is 2.72. The van der Waals surface area contributed by atoms with Crippen LogP contribution in [0.1, 0.15) is 34.0 Å². The third-order valence-corrected chi connectivity index (χ3v) is 4.74. The van der Waals surface area contributed by atoms with Gasteiger partial charge in [0.15, 0.2) is 0 Å². The Bertz CT molecular complexity index is 942. The first kappa shape index (κ1) is 22.1. The number of amides is 2. The minimum atomic E-state index is -1.11. The van der Waals surface area contributed by atoms with E-state index in [1.165, 1.54) is 37.3 Å². The molecule has 0 aliphatic heterocycles. The molecule has 0 aliphatic carbocycles. The number of rotatable bonds is 6. The fourth-order valence-electron chi connectivity index (χ4n) is 2.51. The zero-order chi connectivity index (χ0) is 21.6. The van der Waals surface area contributed by atoms with Gasteiger partial charge in [0.1, 0.15) is 18.8 Å². The Morgan fingerprint density at radius 3 is 2.41 bits per heavy atom. The first-order chi connectivity index (χ1) is 13.8. The smallest absolute Gasteiger partial charge is 0.269 e.